The molecule has 3 aliphatic heterocycles. The molecule has 17 nitrogen and oxygen atoms in total. The first-order chi connectivity index (χ1) is 23.6. The number of carbonyl (C=O) groups excluding carboxylic acids is 4. The molecule has 0 radical (unpaired) electrons. The molecular weight excluding hydrogens is 719 g/mol. The van der Waals surface area contributed by atoms with Gasteiger partial charge in [0.05, 0.1) is 5.92 Å². The molecule has 1 fully saturated rings. The number of amides is 3. The maximum absolute atomic E-state index is 14.9. The molecule has 0 aliphatic carbocycles. The highest BCUT2D eigenvalue weighted by molar-refractivity contribution is 8.03. The summed E-state index contributed by atoms with van der Waals surface area (Å²) in [5.74, 6) is -12.9. The van der Waals surface area contributed by atoms with Crippen molar-refractivity contribution in [2.24, 2.45) is 22.8 Å². The van der Waals surface area contributed by atoms with Crippen LogP contribution >= 0.6 is 35.3 Å². The molecule has 2 aromatic carbocycles. The first kappa shape index (κ1) is 34.8. The lowest BCUT2D eigenvalue weighted by Crippen LogP contribution is -2.82. The van der Waals surface area contributed by atoms with E-state index in [0.717, 1.165) is 42.1 Å². The van der Waals surface area contributed by atoms with Crippen LogP contribution in [0.25, 0.3) is 0 Å². The summed E-state index contributed by atoms with van der Waals surface area (Å²) in [5, 5.41) is 54.5. The average Bonchev–Trinajstić information content (AvgIpc) is 3.57. The first-order valence-electron chi connectivity index (χ1n) is 14.4. The number of quaternary nitrogens is 1. The van der Waals surface area contributed by atoms with Crippen molar-refractivity contribution in [3.8, 4) is 17.2 Å². The van der Waals surface area contributed by atoms with E-state index in [2.05, 4.69) is 10.2 Å². The number of Topliss-reactive ketones (excluding diaryl/α,β-unsaturated/α-hetero) is 1. The molecule has 0 bridgehead atoms. The molecule has 260 valence electrons. The van der Waals surface area contributed by atoms with Gasteiger partial charge in [0.25, 0.3) is 5.22 Å². The van der Waals surface area contributed by atoms with E-state index in [0.29, 0.717) is 11.8 Å². The maximum Gasteiger partial charge on any atom is 0.390 e. The SMILES string of the molecule is NC(=O)C(c1ccc(O)cc1)C1Sc2cc(O)c(O)cc2C(=O)C1(C(N)=O)[C@H]1C(=O)[N+]2(CC(=O)O)C(C(=O)O)=CC(CSc3nnco3)S[C@@H]12. The summed E-state index contributed by atoms with van der Waals surface area (Å²) >= 11 is 2.65. The molecule has 6 rings (SSSR count). The Bertz CT molecular complexity index is 1990. The highest BCUT2D eigenvalue weighted by Gasteiger charge is 2.80. The van der Waals surface area contributed by atoms with Crippen molar-refractivity contribution in [1.29, 1.82) is 0 Å². The van der Waals surface area contributed by atoms with E-state index in [1.165, 1.54) is 30.3 Å². The Kier molecular flexibility index (Phi) is 8.83. The van der Waals surface area contributed by atoms with Gasteiger partial charge >= 0.3 is 17.8 Å². The molecule has 9 N–H and O–H groups in total. The second-order valence-electron chi connectivity index (χ2n) is 11.6. The molecule has 1 saturated heterocycles. The number of aromatic hydroxyl groups is 3. The van der Waals surface area contributed by atoms with Gasteiger partial charge in [-0.2, -0.15) is 0 Å². The number of aromatic nitrogens is 2. The van der Waals surface area contributed by atoms with Gasteiger partial charge < -0.3 is 41.4 Å². The van der Waals surface area contributed by atoms with Crippen molar-refractivity contribution in [2.75, 3.05) is 12.3 Å². The fraction of sp³-hybridized carbons (Fsp3) is 0.267. The van der Waals surface area contributed by atoms with E-state index in [4.69, 9.17) is 15.9 Å². The second-order valence-corrected chi connectivity index (χ2v) is 15.1. The molecule has 0 saturated carbocycles. The van der Waals surface area contributed by atoms with E-state index < -0.39 is 96.8 Å². The van der Waals surface area contributed by atoms with E-state index >= 15 is 0 Å². The number of fused-ring (bicyclic) bond motifs is 2. The van der Waals surface area contributed by atoms with Crippen molar-refractivity contribution in [3.63, 3.8) is 0 Å². The number of hydrogen-bond donors (Lipinski definition) is 7. The number of primary amides is 2. The van der Waals surface area contributed by atoms with Gasteiger partial charge in [-0.1, -0.05) is 35.7 Å². The monoisotopic (exact) mass is 744 g/mol. The van der Waals surface area contributed by atoms with Crippen LogP contribution in [0.15, 0.2) is 69.1 Å². The third-order valence-corrected chi connectivity index (χ3v) is 13.2. The lowest BCUT2D eigenvalue weighted by Gasteiger charge is -2.60. The van der Waals surface area contributed by atoms with Gasteiger partial charge in [-0.15, -0.1) is 22.0 Å². The van der Waals surface area contributed by atoms with Crippen LogP contribution in [0.5, 0.6) is 17.2 Å². The van der Waals surface area contributed by atoms with Crippen LogP contribution in [0.4, 0.5) is 0 Å². The number of phenolic OH excluding ortho intramolecular Hbond substituents is 3. The first-order valence-corrected chi connectivity index (χ1v) is 17.2. The van der Waals surface area contributed by atoms with Gasteiger partial charge in [-0.3, -0.25) is 14.4 Å². The number of phenols is 3. The Hall–Kier alpha value is -5.05. The van der Waals surface area contributed by atoms with E-state index in [1.54, 1.807) is 0 Å². The van der Waals surface area contributed by atoms with E-state index in [-0.39, 0.29) is 32.7 Å². The molecule has 1 aromatic heterocycles. The summed E-state index contributed by atoms with van der Waals surface area (Å²) in [6.07, 6.45) is 2.29. The van der Waals surface area contributed by atoms with Gasteiger partial charge in [0.2, 0.25) is 23.9 Å². The number of β-lactam (4-membered cyclic amide) rings is 1. The summed E-state index contributed by atoms with van der Waals surface area (Å²) in [6, 6.07) is 6.96. The van der Waals surface area contributed by atoms with Crippen molar-refractivity contribution >= 4 is 70.7 Å². The Labute approximate surface area is 293 Å². The number of nitrogens with two attached hydrogens (primary N) is 2. The highest BCUT2D eigenvalue weighted by atomic mass is 32.2. The predicted octanol–water partition coefficient (Wildman–Crippen LogP) is 0.844. The van der Waals surface area contributed by atoms with Crippen molar-refractivity contribution in [2.45, 2.75) is 31.9 Å². The van der Waals surface area contributed by atoms with Gasteiger partial charge in [0.15, 0.2) is 35.1 Å². The molecular formula is C30H26N5O12S3+. The molecule has 50 heavy (non-hydrogen) atoms. The summed E-state index contributed by atoms with van der Waals surface area (Å²) in [5.41, 5.74) is 8.46. The van der Waals surface area contributed by atoms with Crippen LogP contribution in [-0.4, -0.2) is 104 Å². The topological polar surface area (TPSA) is 295 Å². The predicted molar refractivity (Wildman–Crippen MR) is 173 cm³/mol. The van der Waals surface area contributed by atoms with Crippen LogP contribution < -0.4 is 11.5 Å². The maximum atomic E-state index is 14.9. The number of rotatable bonds is 11. The minimum Gasteiger partial charge on any atom is -0.508 e. The van der Waals surface area contributed by atoms with Gasteiger partial charge in [-0.05, 0) is 35.9 Å². The lowest BCUT2D eigenvalue weighted by molar-refractivity contribution is -0.855. The zero-order valence-electron chi connectivity index (χ0n) is 25.2. The number of carboxylic acid groups (broad SMARTS) is 2. The van der Waals surface area contributed by atoms with Crippen LogP contribution in [0.3, 0.4) is 0 Å². The normalized spacial score (nSPS) is 27.6. The number of carbonyl (C=O) groups is 6. The summed E-state index contributed by atoms with van der Waals surface area (Å²) < 4.78 is 3.85. The Morgan fingerprint density at radius 2 is 1.72 bits per heavy atom. The van der Waals surface area contributed by atoms with Crippen LogP contribution in [-0.2, 0) is 24.0 Å². The molecule has 20 heteroatoms. The number of aliphatic carboxylic acids is 2. The zero-order chi connectivity index (χ0) is 36.3. The molecule has 7 atom stereocenters. The number of nitrogens with zero attached hydrogens (tertiary/aromatic N) is 3. The third-order valence-electron chi connectivity index (χ3n) is 8.94. The van der Waals surface area contributed by atoms with Crippen molar-refractivity contribution < 1.29 is 63.2 Å². The van der Waals surface area contributed by atoms with Gasteiger partial charge in [0, 0.05) is 26.7 Å². The average molecular weight is 745 g/mol. The molecule has 3 aromatic rings. The Balaban J connectivity index is 1.59. The van der Waals surface area contributed by atoms with E-state index in [9.17, 15) is 54.3 Å². The number of ketones is 1. The minimum atomic E-state index is -2.71. The summed E-state index contributed by atoms with van der Waals surface area (Å²) in [6.45, 7) is -1.07. The summed E-state index contributed by atoms with van der Waals surface area (Å²) in [4.78, 5) is 82.0. The van der Waals surface area contributed by atoms with Crippen molar-refractivity contribution in [1.82, 2.24) is 10.2 Å². The largest absolute Gasteiger partial charge is 0.508 e. The van der Waals surface area contributed by atoms with Crippen LogP contribution in [0.1, 0.15) is 21.8 Å². The number of carboxylic acids is 2. The quantitative estimate of drug-likeness (QED) is 0.0470. The molecule has 3 aliphatic rings. The fourth-order valence-corrected chi connectivity index (χ4v) is 11.3. The lowest BCUT2D eigenvalue weighted by atomic mass is 9.59. The van der Waals surface area contributed by atoms with Crippen molar-refractivity contribution in [3.05, 3.63) is 65.7 Å². The highest BCUT2D eigenvalue weighted by Crippen LogP contribution is 2.64. The number of benzene rings is 2. The number of hydrogen-bond acceptors (Lipinski definition) is 15. The Morgan fingerprint density at radius 1 is 1.04 bits per heavy atom. The standard InChI is InChI=1S/C30H25N5O12S3/c31-24(42)20(11-1-3-12(36)4-2-11)23-30(28(32)46,22(41)14-6-16(37)17(38)7-18(14)50-23)21-25(43)35(8-19(39)40)15(27(44)45)5-13(49-26(21)35)9-48-29-34-33-10-47-29/h1-7,10,13,20-21,23,26H,8-9H2,(H8-,31,32,36,37,38,39,40,41,42,44,45,46)/p+1/t13?,20?,21-,23?,26-,30?,35?/m0/s1. The number of thioether (sulfide) groups is 3. The Morgan fingerprint density at radius 3 is 2.30 bits per heavy atom. The molecule has 0 spiro atoms. The molecule has 3 amide bonds. The fourth-order valence-electron chi connectivity index (χ4n) is 6.87. The van der Waals surface area contributed by atoms with Gasteiger partial charge in [-0.25, -0.2) is 18.9 Å². The zero-order valence-corrected chi connectivity index (χ0v) is 27.7. The second kappa shape index (κ2) is 12.7. The molecule has 4 heterocycles. The van der Waals surface area contributed by atoms with Crippen LogP contribution in [0.2, 0.25) is 0 Å². The van der Waals surface area contributed by atoms with Crippen LogP contribution in [0, 0.1) is 11.3 Å². The van der Waals surface area contributed by atoms with E-state index in [1.807, 2.05) is 0 Å². The smallest absolute Gasteiger partial charge is 0.390 e. The van der Waals surface area contributed by atoms with Gasteiger partial charge in [0.1, 0.15) is 11.2 Å². The minimum absolute atomic E-state index is 0.00785. The summed E-state index contributed by atoms with van der Waals surface area (Å²) in [7, 11) is 0. The molecule has 5 unspecified atom stereocenters. The third kappa shape index (κ3) is 5.25.